The average molecular weight is 197 g/mol. The maximum absolute atomic E-state index is 11.7. The van der Waals surface area contributed by atoms with E-state index in [-0.39, 0.29) is 6.10 Å². The number of rotatable bonds is 3. The third-order valence-electron chi connectivity index (χ3n) is 3.15. The first-order chi connectivity index (χ1) is 6.86. The van der Waals surface area contributed by atoms with E-state index in [0.717, 1.165) is 32.4 Å². The molecule has 2 unspecified atom stereocenters. The molecule has 14 heavy (non-hydrogen) atoms. The highest BCUT2D eigenvalue weighted by atomic mass is 16.5. The molecule has 0 spiro atoms. The second-order valence-corrected chi connectivity index (χ2v) is 4.32. The van der Waals surface area contributed by atoms with Gasteiger partial charge in [-0.2, -0.15) is 0 Å². The van der Waals surface area contributed by atoms with Crippen molar-refractivity contribution < 1.29 is 9.53 Å². The van der Waals surface area contributed by atoms with E-state index < -0.39 is 0 Å². The lowest BCUT2D eigenvalue weighted by Crippen LogP contribution is -2.37. The largest absolute Gasteiger partial charge is 0.370 e. The van der Waals surface area contributed by atoms with Crippen LogP contribution in [0.5, 0.6) is 0 Å². The molecule has 80 valence electrons. The minimum atomic E-state index is -0.0845. The monoisotopic (exact) mass is 197 g/mol. The number of carbonyl (C=O) groups excluding carboxylic acids is 1. The molecule has 0 aliphatic carbocycles. The van der Waals surface area contributed by atoms with Crippen LogP contribution in [0.1, 0.15) is 38.5 Å². The third-order valence-corrected chi connectivity index (χ3v) is 3.15. The molecule has 3 nitrogen and oxygen atoms in total. The van der Waals surface area contributed by atoms with Crippen molar-refractivity contribution in [2.24, 2.45) is 0 Å². The smallest absolute Gasteiger partial charge is 0.163 e. The van der Waals surface area contributed by atoms with Crippen LogP contribution in [0.4, 0.5) is 0 Å². The summed E-state index contributed by atoms with van der Waals surface area (Å²) in [6.07, 6.45) is 6.24. The number of hydrogen-bond acceptors (Lipinski definition) is 3. The molecule has 0 aromatic rings. The van der Waals surface area contributed by atoms with Crippen molar-refractivity contribution in [2.45, 2.75) is 50.7 Å². The molecule has 0 bridgehead atoms. The molecule has 2 aliphatic heterocycles. The van der Waals surface area contributed by atoms with Crippen molar-refractivity contribution in [1.29, 1.82) is 0 Å². The van der Waals surface area contributed by atoms with Crippen molar-refractivity contribution in [1.82, 2.24) is 5.32 Å². The van der Waals surface area contributed by atoms with Crippen LogP contribution in [0.2, 0.25) is 0 Å². The Labute approximate surface area is 85.2 Å². The zero-order chi connectivity index (χ0) is 9.80. The number of piperidine rings is 1. The van der Waals surface area contributed by atoms with Crippen molar-refractivity contribution in [3.63, 3.8) is 0 Å². The normalized spacial score (nSPS) is 33.1. The zero-order valence-electron chi connectivity index (χ0n) is 8.63. The van der Waals surface area contributed by atoms with Gasteiger partial charge in [0, 0.05) is 19.1 Å². The van der Waals surface area contributed by atoms with Gasteiger partial charge in [0.1, 0.15) is 6.10 Å². The minimum Gasteiger partial charge on any atom is -0.370 e. The molecule has 2 heterocycles. The Hall–Kier alpha value is -0.410. The standard InChI is InChI=1S/C11H19NO2/c13-10(11-5-3-7-14-11)8-9-4-1-2-6-12-9/h9,11-12H,1-8H2. The van der Waals surface area contributed by atoms with Crippen LogP contribution < -0.4 is 5.32 Å². The van der Waals surface area contributed by atoms with E-state index in [0.29, 0.717) is 18.2 Å². The summed E-state index contributed by atoms with van der Waals surface area (Å²) >= 11 is 0. The quantitative estimate of drug-likeness (QED) is 0.740. The van der Waals surface area contributed by atoms with Gasteiger partial charge in [0.2, 0.25) is 0 Å². The van der Waals surface area contributed by atoms with Gasteiger partial charge in [-0.1, -0.05) is 6.42 Å². The molecule has 2 rings (SSSR count). The van der Waals surface area contributed by atoms with E-state index in [4.69, 9.17) is 4.74 Å². The van der Waals surface area contributed by atoms with Gasteiger partial charge in [0.15, 0.2) is 5.78 Å². The van der Waals surface area contributed by atoms with Gasteiger partial charge in [-0.15, -0.1) is 0 Å². The second kappa shape index (κ2) is 4.89. The predicted octanol–water partition coefficient (Wildman–Crippen LogP) is 1.27. The topological polar surface area (TPSA) is 38.3 Å². The molecule has 2 aliphatic rings. The third kappa shape index (κ3) is 2.55. The minimum absolute atomic E-state index is 0.0845. The highest BCUT2D eigenvalue weighted by molar-refractivity contribution is 5.83. The number of hydrogen-bond donors (Lipinski definition) is 1. The predicted molar refractivity (Wildman–Crippen MR) is 54.2 cm³/mol. The van der Waals surface area contributed by atoms with Crippen LogP contribution >= 0.6 is 0 Å². The number of carbonyl (C=O) groups is 1. The fourth-order valence-electron chi connectivity index (χ4n) is 2.30. The van der Waals surface area contributed by atoms with Crippen molar-refractivity contribution >= 4 is 5.78 Å². The average Bonchev–Trinajstić information content (AvgIpc) is 2.72. The Morgan fingerprint density at radius 1 is 1.29 bits per heavy atom. The van der Waals surface area contributed by atoms with Crippen LogP contribution in [-0.2, 0) is 9.53 Å². The summed E-state index contributed by atoms with van der Waals surface area (Å²) in [5.74, 6) is 0.307. The van der Waals surface area contributed by atoms with Crippen LogP contribution in [0.3, 0.4) is 0 Å². The Kier molecular flexibility index (Phi) is 3.54. The molecule has 0 aromatic heterocycles. The Balaban J connectivity index is 1.75. The first-order valence-corrected chi connectivity index (χ1v) is 5.74. The van der Waals surface area contributed by atoms with Gasteiger partial charge in [-0.25, -0.2) is 0 Å². The SMILES string of the molecule is O=C(CC1CCCCN1)C1CCCO1. The summed E-state index contributed by atoms with van der Waals surface area (Å²) in [5.41, 5.74) is 0. The van der Waals surface area contributed by atoms with Crippen molar-refractivity contribution in [2.75, 3.05) is 13.2 Å². The van der Waals surface area contributed by atoms with Crippen LogP contribution in [0, 0.1) is 0 Å². The number of Topliss-reactive ketones (excluding diaryl/α,β-unsaturated/α-hetero) is 1. The molecule has 0 aromatic carbocycles. The van der Waals surface area contributed by atoms with Gasteiger partial charge >= 0.3 is 0 Å². The van der Waals surface area contributed by atoms with Crippen LogP contribution in [0.25, 0.3) is 0 Å². The molecule has 2 saturated heterocycles. The van der Waals surface area contributed by atoms with Crippen molar-refractivity contribution in [3.8, 4) is 0 Å². The number of ketones is 1. The van der Waals surface area contributed by atoms with Gasteiger partial charge < -0.3 is 10.1 Å². The first-order valence-electron chi connectivity index (χ1n) is 5.74. The molecular weight excluding hydrogens is 178 g/mol. The lowest BCUT2D eigenvalue weighted by atomic mass is 9.97. The maximum atomic E-state index is 11.7. The molecule has 2 fully saturated rings. The summed E-state index contributed by atoms with van der Waals surface area (Å²) in [6.45, 7) is 1.85. The highest BCUT2D eigenvalue weighted by Gasteiger charge is 2.26. The Morgan fingerprint density at radius 2 is 2.21 bits per heavy atom. The van der Waals surface area contributed by atoms with E-state index in [1.807, 2.05) is 0 Å². The highest BCUT2D eigenvalue weighted by Crippen LogP contribution is 2.17. The van der Waals surface area contributed by atoms with Gasteiger partial charge in [0.05, 0.1) is 0 Å². The fourth-order valence-corrected chi connectivity index (χ4v) is 2.30. The summed E-state index contributed by atoms with van der Waals surface area (Å²) < 4.78 is 5.38. The Morgan fingerprint density at radius 3 is 2.86 bits per heavy atom. The van der Waals surface area contributed by atoms with Gasteiger partial charge in [-0.3, -0.25) is 4.79 Å². The molecule has 1 N–H and O–H groups in total. The lowest BCUT2D eigenvalue weighted by molar-refractivity contribution is -0.128. The zero-order valence-corrected chi connectivity index (χ0v) is 8.63. The fraction of sp³-hybridized carbons (Fsp3) is 0.909. The summed E-state index contributed by atoms with van der Waals surface area (Å²) in [6, 6.07) is 0.417. The molecule has 0 amide bonds. The first kappa shape index (κ1) is 10.1. The molecule has 0 radical (unpaired) electrons. The van der Waals surface area contributed by atoms with E-state index in [9.17, 15) is 4.79 Å². The van der Waals surface area contributed by atoms with Gasteiger partial charge in [0.25, 0.3) is 0 Å². The van der Waals surface area contributed by atoms with Crippen molar-refractivity contribution in [3.05, 3.63) is 0 Å². The second-order valence-electron chi connectivity index (χ2n) is 4.32. The van der Waals surface area contributed by atoms with Gasteiger partial charge in [-0.05, 0) is 32.2 Å². The van der Waals surface area contributed by atoms with E-state index in [1.165, 1.54) is 12.8 Å². The van der Waals surface area contributed by atoms with Crippen LogP contribution in [0.15, 0.2) is 0 Å². The van der Waals surface area contributed by atoms with E-state index in [1.54, 1.807) is 0 Å². The molecular formula is C11H19NO2. The summed E-state index contributed by atoms with van der Waals surface area (Å²) in [5, 5.41) is 3.40. The van der Waals surface area contributed by atoms with E-state index in [2.05, 4.69) is 5.32 Å². The molecule has 3 heteroatoms. The summed E-state index contributed by atoms with van der Waals surface area (Å²) in [7, 11) is 0. The number of ether oxygens (including phenoxy) is 1. The Bertz CT molecular complexity index is 193. The molecule has 2 atom stereocenters. The van der Waals surface area contributed by atoms with E-state index >= 15 is 0 Å². The molecule has 0 saturated carbocycles. The maximum Gasteiger partial charge on any atom is 0.163 e. The lowest BCUT2D eigenvalue weighted by Gasteiger charge is -2.23. The number of nitrogens with one attached hydrogen (secondary N) is 1. The van der Waals surface area contributed by atoms with Crippen LogP contribution in [-0.4, -0.2) is 31.1 Å². The summed E-state index contributed by atoms with van der Waals surface area (Å²) in [4.78, 5) is 11.7.